The Morgan fingerprint density at radius 3 is 2.54 bits per heavy atom. The molecule has 0 spiro atoms. The van der Waals surface area contributed by atoms with Gasteiger partial charge in [0.1, 0.15) is 0 Å². The Morgan fingerprint density at radius 1 is 1.31 bits per heavy atom. The molecule has 0 nitrogen and oxygen atoms in total. The quantitative estimate of drug-likeness (QED) is 0.613. The van der Waals surface area contributed by atoms with E-state index in [1.807, 2.05) is 5.37 Å². The molecule has 1 heteroatoms. The predicted molar refractivity (Wildman–Crippen MR) is 63.1 cm³/mol. The van der Waals surface area contributed by atoms with E-state index >= 15 is 0 Å². The van der Waals surface area contributed by atoms with Gasteiger partial charge >= 0.3 is 0 Å². The van der Waals surface area contributed by atoms with E-state index < -0.39 is 0 Å². The van der Waals surface area contributed by atoms with Crippen LogP contribution < -0.4 is 0 Å². The Bertz CT molecular complexity index is 163. The molecule has 1 aliphatic rings. The van der Waals surface area contributed by atoms with Gasteiger partial charge in [0, 0.05) is 0 Å². The summed E-state index contributed by atoms with van der Waals surface area (Å²) >= 11 is 5.10. The number of rotatable bonds is 4. The zero-order valence-electron chi connectivity index (χ0n) is 9.12. The van der Waals surface area contributed by atoms with Crippen molar-refractivity contribution in [2.75, 3.05) is 0 Å². The zero-order chi connectivity index (χ0) is 9.84. The van der Waals surface area contributed by atoms with E-state index in [0.29, 0.717) is 0 Å². The molecule has 0 saturated heterocycles. The van der Waals surface area contributed by atoms with Gasteiger partial charge in [0.15, 0.2) is 0 Å². The van der Waals surface area contributed by atoms with Crippen LogP contribution >= 0.6 is 12.2 Å². The van der Waals surface area contributed by atoms with Gasteiger partial charge in [-0.15, -0.1) is 0 Å². The highest BCUT2D eigenvalue weighted by molar-refractivity contribution is 7.79. The summed E-state index contributed by atoms with van der Waals surface area (Å²) in [5.74, 6) is 3.33. The van der Waals surface area contributed by atoms with Crippen molar-refractivity contribution in [3.05, 3.63) is 0 Å². The summed E-state index contributed by atoms with van der Waals surface area (Å²) in [6.45, 7) is 7.04. The molecule has 0 heterocycles. The Labute approximate surface area is 88.1 Å². The molecule has 1 aliphatic carbocycles. The first kappa shape index (κ1) is 11.2. The molecular weight excluding hydrogens is 176 g/mol. The summed E-state index contributed by atoms with van der Waals surface area (Å²) in [5.41, 5.74) is 0. The van der Waals surface area contributed by atoms with Crippen molar-refractivity contribution in [3.8, 4) is 0 Å². The second-order valence-corrected chi connectivity index (χ2v) is 5.27. The van der Waals surface area contributed by atoms with Crippen molar-refractivity contribution in [2.24, 2.45) is 23.7 Å². The summed E-state index contributed by atoms with van der Waals surface area (Å²) in [6, 6.07) is 0. The van der Waals surface area contributed by atoms with Gasteiger partial charge in [-0.1, -0.05) is 39.4 Å². The van der Waals surface area contributed by atoms with Crippen molar-refractivity contribution in [2.45, 2.75) is 46.5 Å². The summed E-state index contributed by atoms with van der Waals surface area (Å²) in [6.07, 6.45) is 5.51. The molecule has 1 fully saturated rings. The van der Waals surface area contributed by atoms with Crippen LogP contribution in [-0.2, 0) is 0 Å². The normalized spacial score (nSPS) is 30.8. The Morgan fingerprint density at radius 2 is 2.00 bits per heavy atom. The lowest BCUT2D eigenvalue weighted by Gasteiger charge is -2.24. The smallest absolute Gasteiger partial charge is 0.00976 e. The first-order valence-electron chi connectivity index (χ1n) is 5.60. The lowest BCUT2D eigenvalue weighted by Crippen LogP contribution is -2.18. The highest BCUT2D eigenvalue weighted by Crippen LogP contribution is 2.38. The molecule has 0 aromatic rings. The summed E-state index contributed by atoms with van der Waals surface area (Å²) < 4.78 is 0. The van der Waals surface area contributed by atoms with Crippen LogP contribution in [0.5, 0.6) is 0 Å². The monoisotopic (exact) mass is 198 g/mol. The van der Waals surface area contributed by atoms with Crippen molar-refractivity contribution in [1.82, 2.24) is 0 Å². The van der Waals surface area contributed by atoms with Crippen LogP contribution in [0.15, 0.2) is 0 Å². The average Bonchev–Trinajstić information content (AvgIpc) is 2.49. The molecule has 0 aromatic heterocycles. The molecule has 1 saturated carbocycles. The fourth-order valence-electron chi connectivity index (χ4n) is 2.81. The van der Waals surface area contributed by atoms with E-state index in [0.717, 1.165) is 23.7 Å². The minimum Gasteiger partial charge on any atom is -0.0932 e. The van der Waals surface area contributed by atoms with Gasteiger partial charge in [0.05, 0.1) is 0 Å². The summed E-state index contributed by atoms with van der Waals surface area (Å²) in [7, 11) is 0. The van der Waals surface area contributed by atoms with E-state index in [4.69, 9.17) is 12.2 Å². The van der Waals surface area contributed by atoms with Gasteiger partial charge < -0.3 is 0 Å². The van der Waals surface area contributed by atoms with Crippen LogP contribution in [0.2, 0.25) is 0 Å². The van der Waals surface area contributed by atoms with E-state index in [-0.39, 0.29) is 0 Å². The fourth-order valence-corrected chi connectivity index (χ4v) is 3.15. The van der Waals surface area contributed by atoms with Crippen molar-refractivity contribution in [1.29, 1.82) is 0 Å². The standard InChI is InChI=1S/C12H22S/c1-9(2)7-10(3)12-6-4-5-11(12)8-13/h8-12H,4-7H2,1-3H3. The predicted octanol–water partition coefficient (Wildman–Crippen LogP) is 4.08. The number of thiocarbonyl (C=S) groups is 1. The Balaban J connectivity index is 2.44. The lowest BCUT2D eigenvalue weighted by molar-refractivity contribution is 0.285. The topological polar surface area (TPSA) is 0 Å². The third-order valence-electron chi connectivity index (χ3n) is 3.37. The molecule has 0 amide bonds. The molecule has 0 bridgehead atoms. The molecule has 76 valence electrons. The molecular formula is C12H22S. The van der Waals surface area contributed by atoms with Crippen LogP contribution in [0.25, 0.3) is 0 Å². The molecule has 0 N–H and O–H groups in total. The third-order valence-corrected chi connectivity index (χ3v) is 3.72. The molecule has 0 aliphatic heterocycles. The molecule has 13 heavy (non-hydrogen) atoms. The Hall–Kier alpha value is 0.0900. The maximum Gasteiger partial charge on any atom is -0.00976 e. The zero-order valence-corrected chi connectivity index (χ0v) is 9.94. The first-order valence-corrected chi connectivity index (χ1v) is 6.07. The van der Waals surface area contributed by atoms with Gasteiger partial charge in [-0.05, 0) is 48.3 Å². The van der Waals surface area contributed by atoms with Crippen molar-refractivity contribution < 1.29 is 0 Å². The second-order valence-electron chi connectivity index (χ2n) is 5.00. The minimum atomic E-state index is 0.740. The van der Waals surface area contributed by atoms with E-state index in [9.17, 15) is 0 Å². The maximum atomic E-state index is 5.10. The van der Waals surface area contributed by atoms with E-state index in [1.165, 1.54) is 25.7 Å². The number of hydrogen-bond acceptors (Lipinski definition) is 1. The van der Waals surface area contributed by atoms with Crippen molar-refractivity contribution >= 4 is 17.6 Å². The first-order chi connectivity index (χ1) is 6.15. The minimum absolute atomic E-state index is 0.740. The molecule has 0 aromatic carbocycles. The SMILES string of the molecule is CC(C)CC(C)C1CCCC1C=S. The van der Waals surface area contributed by atoms with Crippen LogP contribution in [0, 0.1) is 23.7 Å². The molecule has 0 radical (unpaired) electrons. The van der Waals surface area contributed by atoms with Gasteiger partial charge in [0.25, 0.3) is 0 Å². The third kappa shape index (κ3) is 3.05. The maximum absolute atomic E-state index is 5.10. The van der Waals surface area contributed by atoms with Gasteiger partial charge in [-0.3, -0.25) is 0 Å². The highest BCUT2D eigenvalue weighted by Gasteiger charge is 2.29. The lowest BCUT2D eigenvalue weighted by atomic mass is 9.81. The van der Waals surface area contributed by atoms with Crippen LogP contribution in [0.4, 0.5) is 0 Å². The van der Waals surface area contributed by atoms with Crippen LogP contribution in [-0.4, -0.2) is 5.37 Å². The van der Waals surface area contributed by atoms with Crippen LogP contribution in [0.3, 0.4) is 0 Å². The summed E-state index contributed by atoms with van der Waals surface area (Å²) in [4.78, 5) is 0. The van der Waals surface area contributed by atoms with Gasteiger partial charge in [0.2, 0.25) is 0 Å². The van der Waals surface area contributed by atoms with Crippen molar-refractivity contribution in [3.63, 3.8) is 0 Å². The number of hydrogen-bond donors (Lipinski definition) is 0. The molecule has 3 atom stereocenters. The van der Waals surface area contributed by atoms with Crippen LogP contribution in [0.1, 0.15) is 46.5 Å². The molecule has 1 rings (SSSR count). The van der Waals surface area contributed by atoms with E-state index in [1.54, 1.807) is 0 Å². The highest BCUT2D eigenvalue weighted by atomic mass is 32.1. The molecule has 3 unspecified atom stereocenters. The average molecular weight is 198 g/mol. The largest absolute Gasteiger partial charge is 0.0932 e. The Kier molecular flexibility index (Phi) is 4.37. The summed E-state index contributed by atoms with van der Waals surface area (Å²) in [5, 5.41) is 2.02. The second kappa shape index (κ2) is 5.09. The fraction of sp³-hybridized carbons (Fsp3) is 0.917. The van der Waals surface area contributed by atoms with Gasteiger partial charge in [-0.2, -0.15) is 0 Å². The van der Waals surface area contributed by atoms with E-state index in [2.05, 4.69) is 20.8 Å². The van der Waals surface area contributed by atoms with Gasteiger partial charge in [-0.25, -0.2) is 0 Å².